The van der Waals surface area contributed by atoms with Crippen molar-refractivity contribution in [1.82, 2.24) is 9.80 Å². The number of rotatable bonds is 2. The normalized spacial score (nSPS) is 19.2. The maximum Gasteiger partial charge on any atom is 0.263 e. The molecule has 2 aliphatic heterocycles. The first kappa shape index (κ1) is 16.8. The van der Waals surface area contributed by atoms with Gasteiger partial charge in [0.15, 0.2) is 0 Å². The molecule has 1 unspecified atom stereocenters. The van der Waals surface area contributed by atoms with Crippen molar-refractivity contribution in [2.75, 3.05) is 13.1 Å². The molecule has 5 nitrogen and oxygen atoms in total. The summed E-state index contributed by atoms with van der Waals surface area (Å²) in [5.41, 5.74) is 2.30. The van der Waals surface area contributed by atoms with Crippen LogP contribution in [0.2, 0.25) is 5.02 Å². The van der Waals surface area contributed by atoms with Gasteiger partial charge in [-0.05, 0) is 37.6 Å². The Morgan fingerprint density at radius 1 is 1.08 bits per heavy atom. The summed E-state index contributed by atoms with van der Waals surface area (Å²) in [5.74, 6) is -0.783. The Morgan fingerprint density at radius 2 is 1.81 bits per heavy atom. The van der Waals surface area contributed by atoms with Gasteiger partial charge in [0.1, 0.15) is 0 Å². The third kappa shape index (κ3) is 2.59. The Labute approximate surface area is 156 Å². The van der Waals surface area contributed by atoms with Crippen LogP contribution < -0.4 is 0 Å². The predicted molar refractivity (Wildman–Crippen MR) is 97.4 cm³/mol. The van der Waals surface area contributed by atoms with Crippen LogP contribution in [0.1, 0.15) is 43.1 Å². The Kier molecular flexibility index (Phi) is 4.04. The van der Waals surface area contributed by atoms with Crippen LogP contribution in [0.15, 0.2) is 42.5 Å². The smallest absolute Gasteiger partial charge is 0.263 e. The Bertz CT molecular complexity index is 923. The summed E-state index contributed by atoms with van der Waals surface area (Å²) < 4.78 is 0. The lowest BCUT2D eigenvalue weighted by molar-refractivity contribution is 0.0575. The minimum absolute atomic E-state index is 0.0814. The number of imide groups is 1. The van der Waals surface area contributed by atoms with Crippen LogP contribution in [0.25, 0.3) is 0 Å². The van der Waals surface area contributed by atoms with Crippen molar-refractivity contribution in [3.63, 3.8) is 0 Å². The molecule has 2 aliphatic rings. The number of carbonyl (C=O) groups excluding carboxylic acids is 3. The fourth-order valence-corrected chi connectivity index (χ4v) is 3.86. The largest absolute Gasteiger partial charge is 0.336 e. The number of likely N-dealkylation sites (tertiary alicyclic amines) is 1. The lowest BCUT2D eigenvalue weighted by Gasteiger charge is -2.22. The van der Waals surface area contributed by atoms with E-state index in [4.69, 9.17) is 11.6 Å². The molecule has 1 fully saturated rings. The molecule has 1 atom stereocenters. The summed E-state index contributed by atoms with van der Waals surface area (Å²) in [7, 11) is 0. The summed E-state index contributed by atoms with van der Waals surface area (Å²) in [4.78, 5) is 41.0. The highest BCUT2D eigenvalue weighted by molar-refractivity contribution is 6.37. The molecular weight excluding hydrogens is 352 g/mol. The van der Waals surface area contributed by atoms with Gasteiger partial charge in [0.05, 0.1) is 22.2 Å². The molecule has 0 saturated carbocycles. The SMILES string of the molecule is Cc1ccc(C(=O)N2CCC(N3C(=O)c4cccc(Cl)c4C3=O)C2)cc1. The topological polar surface area (TPSA) is 57.7 Å². The highest BCUT2D eigenvalue weighted by atomic mass is 35.5. The Balaban J connectivity index is 1.54. The lowest BCUT2D eigenvalue weighted by atomic mass is 10.1. The summed E-state index contributed by atoms with van der Waals surface area (Å²) in [6.07, 6.45) is 0.570. The zero-order chi connectivity index (χ0) is 18.4. The molecule has 4 rings (SSSR count). The second-order valence-electron chi connectivity index (χ2n) is 6.70. The minimum Gasteiger partial charge on any atom is -0.336 e. The molecular formula is C20H17ClN2O3. The van der Waals surface area contributed by atoms with E-state index in [1.807, 2.05) is 19.1 Å². The van der Waals surface area contributed by atoms with Gasteiger partial charge in [-0.1, -0.05) is 35.4 Å². The second kappa shape index (κ2) is 6.25. The third-order valence-electron chi connectivity index (χ3n) is 5.01. The average molecular weight is 369 g/mol. The van der Waals surface area contributed by atoms with E-state index in [1.54, 1.807) is 35.2 Å². The number of fused-ring (bicyclic) bond motifs is 1. The highest BCUT2D eigenvalue weighted by Gasteiger charge is 2.44. The van der Waals surface area contributed by atoms with Crippen LogP contribution in [0.5, 0.6) is 0 Å². The fraction of sp³-hybridized carbons (Fsp3) is 0.250. The maximum absolute atomic E-state index is 12.7. The van der Waals surface area contributed by atoms with Crippen LogP contribution in [-0.4, -0.2) is 46.7 Å². The van der Waals surface area contributed by atoms with Gasteiger partial charge in [0.25, 0.3) is 17.7 Å². The molecule has 2 aromatic rings. The van der Waals surface area contributed by atoms with E-state index in [1.165, 1.54) is 4.90 Å². The first-order valence-electron chi connectivity index (χ1n) is 8.49. The number of carbonyl (C=O) groups is 3. The summed E-state index contributed by atoms with van der Waals surface area (Å²) >= 11 is 6.11. The van der Waals surface area contributed by atoms with Crippen molar-refractivity contribution in [3.05, 3.63) is 69.7 Å². The molecule has 2 heterocycles. The van der Waals surface area contributed by atoms with Crippen molar-refractivity contribution in [3.8, 4) is 0 Å². The fourth-order valence-electron chi connectivity index (χ4n) is 3.61. The van der Waals surface area contributed by atoms with Crippen molar-refractivity contribution >= 4 is 29.3 Å². The Morgan fingerprint density at radius 3 is 2.50 bits per heavy atom. The van der Waals surface area contributed by atoms with Gasteiger partial charge in [0, 0.05) is 18.7 Å². The lowest BCUT2D eigenvalue weighted by Crippen LogP contribution is -2.42. The molecule has 1 saturated heterocycles. The van der Waals surface area contributed by atoms with E-state index in [-0.39, 0.29) is 34.3 Å². The number of hydrogen-bond donors (Lipinski definition) is 0. The van der Waals surface area contributed by atoms with Crippen LogP contribution in [-0.2, 0) is 0 Å². The quantitative estimate of drug-likeness (QED) is 0.765. The minimum atomic E-state index is -0.370. The molecule has 2 aromatic carbocycles. The van der Waals surface area contributed by atoms with Crippen LogP contribution in [0.4, 0.5) is 0 Å². The van der Waals surface area contributed by atoms with Gasteiger partial charge in [0.2, 0.25) is 0 Å². The van der Waals surface area contributed by atoms with Gasteiger partial charge in [-0.3, -0.25) is 19.3 Å². The molecule has 0 N–H and O–H groups in total. The highest BCUT2D eigenvalue weighted by Crippen LogP contribution is 2.32. The van der Waals surface area contributed by atoms with E-state index in [9.17, 15) is 14.4 Å². The summed E-state index contributed by atoms with van der Waals surface area (Å²) in [6.45, 7) is 2.82. The zero-order valence-corrected chi connectivity index (χ0v) is 15.0. The van der Waals surface area contributed by atoms with Crippen molar-refractivity contribution in [2.24, 2.45) is 0 Å². The average Bonchev–Trinajstić information content (AvgIpc) is 3.19. The van der Waals surface area contributed by atoms with Gasteiger partial charge in [-0.15, -0.1) is 0 Å². The number of aryl methyl sites for hydroxylation is 1. The van der Waals surface area contributed by atoms with Crippen LogP contribution in [0, 0.1) is 6.92 Å². The van der Waals surface area contributed by atoms with E-state index in [2.05, 4.69) is 0 Å². The van der Waals surface area contributed by atoms with Crippen LogP contribution in [0.3, 0.4) is 0 Å². The molecule has 0 spiro atoms. The Hall–Kier alpha value is -2.66. The van der Waals surface area contributed by atoms with E-state index < -0.39 is 0 Å². The first-order chi connectivity index (χ1) is 12.5. The van der Waals surface area contributed by atoms with Gasteiger partial charge in [-0.2, -0.15) is 0 Å². The summed E-state index contributed by atoms with van der Waals surface area (Å²) in [5, 5.41) is 0.286. The van der Waals surface area contributed by atoms with Crippen molar-refractivity contribution < 1.29 is 14.4 Å². The van der Waals surface area contributed by atoms with Crippen LogP contribution >= 0.6 is 11.6 Å². The maximum atomic E-state index is 12.7. The standard InChI is InChI=1S/C20H17ClN2O3/c1-12-5-7-13(8-6-12)18(24)22-10-9-14(11-22)23-19(25)15-3-2-4-16(21)17(15)20(23)26/h2-8,14H,9-11H2,1H3. The summed E-state index contributed by atoms with van der Waals surface area (Å²) in [6, 6.07) is 12.0. The molecule has 6 heteroatoms. The molecule has 0 radical (unpaired) electrons. The first-order valence-corrected chi connectivity index (χ1v) is 8.87. The van der Waals surface area contributed by atoms with Crippen molar-refractivity contribution in [1.29, 1.82) is 0 Å². The van der Waals surface area contributed by atoms with E-state index in [0.29, 0.717) is 30.6 Å². The molecule has 0 aromatic heterocycles. The number of amides is 3. The second-order valence-corrected chi connectivity index (χ2v) is 7.11. The number of nitrogens with zero attached hydrogens (tertiary/aromatic N) is 2. The molecule has 132 valence electrons. The van der Waals surface area contributed by atoms with Gasteiger partial charge < -0.3 is 4.90 Å². The van der Waals surface area contributed by atoms with Gasteiger partial charge >= 0.3 is 0 Å². The monoisotopic (exact) mass is 368 g/mol. The number of hydrogen-bond acceptors (Lipinski definition) is 3. The van der Waals surface area contributed by atoms with E-state index in [0.717, 1.165) is 5.56 Å². The number of halogens is 1. The predicted octanol–water partition coefficient (Wildman–Crippen LogP) is 3.16. The molecule has 0 bridgehead atoms. The third-order valence-corrected chi connectivity index (χ3v) is 5.32. The number of benzene rings is 2. The molecule has 3 amide bonds. The molecule has 26 heavy (non-hydrogen) atoms. The molecule has 0 aliphatic carbocycles. The van der Waals surface area contributed by atoms with E-state index >= 15 is 0 Å². The zero-order valence-electron chi connectivity index (χ0n) is 14.2. The van der Waals surface area contributed by atoms with Gasteiger partial charge in [-0.25, -0.2) is 0 Å². The van der Waals surface area contributed by atoms with Crippen molar-refractivity contribution in [2.45, 2.75) is 19.4 Å².